The fourth-order valence-electron chi connectivity index (χ4n) is 1.43. The molecule has 2 aromatic heterocycles. The lowest BCUT2D eigenvalue weighted by Gasteiger charge is -2.02. The highest BCUT2D eigenvalue weighted by Crippen LogP contribution is 2.08. The molecule has 0 saturated carbocycles. The summed E-state index contributed by atoms with van der Waals surface area (Å²) in [7, 11) is 1.71. The number of hydrogen-bond donors (Lipinski definition) is 2. The summed E-state index contributed by atoms with van der Waals surface area (Å²) in [6.45, 7) is 3.59. The maximum absolute atomic E-state index is 11.9. The van der Waals surface area contributed by atoms with Gasteiger partial charge in [-0.25, -0.2) is 0 Å². The Labute approximate surface area is 91.9 Å². The molecule has 0 fully saturated rings. The first-order valence-corrected chi connectivity index (χ1v) is 4.77. The normalized spacial score (nSPS) is 10.4. The zero-order chi connectivity index (χ0) is 11.7. The van der Waals surface area contributed by atoms with E-state index < -0.39 is 0 Å². The molecule has 84 valence electrons. The number of H-pyrrole nitrogens is 1. The fraction of sp³-hybridized carbons (Fsp3) is 0.333. The molecule has 0 aliphatic carbocycles. The zero-order valence-corrected chi connectivity index (χ0v) is 9.27. The van der Waals surface area contributed by atoms with E-state index in [9.17, 15) is 4.79 Å². The molecule has 0 radical (unpaired) electrons. The molecule has 2 heterocycles. The van der Waals surface area contributed by atoms with Gasteiger partial charge in [-0.05, 0) is 19.4 Å². The van der Waals surface area contributed by atoms with Gasteiger partial charge in [0.25, 0.3) is 5.91 Å². The van der Waals surface area contributed by atoms with Crippen molar-refractivity contribution in [1.29, 1.82) is 0 Å². The minimum atomic E-state index is -0.267. The topological polar surface area (TPSA) is 88.5 Å². The first kappa shape index (κ1) is 10.3. The molecule has 0 bridgehead atoms. The molecule has 2 aromatic rings. The number of anilines is 1. The molecule has 0 atom stereocenters. The van der Waals surface area contributed by atoms with E-state index in [1.807, 2.05) is 6.92 Å². The number of amides is 1. The number of carbonyl (C=O) groups is 1. The number of rotatable bonds is 2. The predicted molar refractivity (Wildman–Crippen MR) is 57.0 cm³/mol. The van der Waals surface area contributed by atoms with E-state index in [1.165, 1.54) is 4.68 Å². The summed E-state index contributed by atoms with van der Waals surface area (Å²) in [6.07, 6.45) is 1.64. The van der Waals surface area contributed by atoms with Crippen LogP contribution in [0.2, 0.25) is 0 Å². The second kappa shape index (κ2) is 3.76. The highest BCUT2D eigenvalue weighted by Gasteiger charge is 2.15. The maximum atomic E-state index is 11.9. The average Bonchev–Trinajstić information content (AvgIpc) is 2.74. The van der Waals surface area contributed by atoms with Gasteiger partial charge >= 0.3 is 0 Å². The Morgan fingerprint density at radius 1 is 1.50 bits per heavy atom. The minimum Gasteiger partial charge on any atom is -0.288 e. The van der Waals surface area contributed by atoms with Crippen LogP contribution in [0.25, 0.3) is 0 Å². The lowest BCUT2D eigenvalue weighted by molar-refractivity contribution is 0.101. The van der Waals surface area contributed by atoms with Gasteiger partial charge in [0.05, 0.1) is 6.20 Å². The Balaban J connectivity index is 2.21. The quantitative estimate of drug-likeness (QED) is 0.767. The number of nitrogens with one attached hydrogen (secondary N) is 2. The summed E-state index contributed by atoms with van der Waals surface area (Å²) in [6, 6.07) is 0. The fourth-order valence-corrected chi connectivity index (χ4v) is 1.43. The number of carbonyl (C=O) groups excluding carboxylic acids is 1. The van der Waals surface area contributed by atoms with Crippen molar-refractivity contribution in [2.45, 2.75) is 13.8 Å². The lowest BCUT2D eigenvalue weighted by Crippen LogP contribution is -2.18. The second-order valence-electron chi connectivity index (χ2n) is 3.50. The molecule has 2 rings (SSSR count). The summed E-state index contributed by atoms with van der Waals surface area (Å²) in [5.74, 6) is 0.650. The second-order valence-corrected chi connectivity index (χ2v) is 3.50. The van der Waals surface area contributed by atoms with E-state index in [1.54, 1.807) is 20.2 Å². The van der Waals surface area contributed by atoms with Crippen molar-refractivity contribution in [1.82, 2.24) is 25.0 Å². The Hall–Kier alpha value is -2.18. The molecule has 7 heteroatoms. The summed E-state index contributed by atoms with van der Waals surface area (Å²) in [5, 5.41) is 13.1. The van der Waals surface area contributed by atoms with Crippen LogP contribution in [-0.4, -0.2) is 30.9 Å². The molecule has 0 aliphatic rings. The largest absolute Gasteiger partial charge is 0.288 e. The zero-order valence-electron chi connectivity index (χ0n) is 9.27. The van der Waals surface area contributed by atoms with Crippen LogP contribution in [0.4, 0.5) is 5.95 Å². The smallest absolute Gasteiger partial charge is 0.276 e. The number of aromatic nitrogens is 5. The van der Waals surface area contributed by atoms with Crippen molar-refractivity contribution in [3.63, 3.8) is 0 Å². The summed E-state index contributed by atoms with van der Waals surface area (Å²) >= 11 is 0. The molecule has 7 nitrogen and oxygen atoms in total. The van der Waals surface area contributed by atoms with Crippen molar-refractivity contribution in [2.24, 2.45) is 7.05 Å². The predicted octanol–water partition coefficient (Wildman–Crippen LogP) is 0.407. The summed E-state index contributed by atoms with van der Waals surface area (Å²) in [5.41, 5.74) is 1.31. The summed E-state index contributed by atoms with van der Waals surface area (Å²) in [4.78, 5) is 15.9. The van der Waals surface area contributed by atoms with Crippen molar-refractivity contribution in [2.75, 3.05) is 5.32 Å². The molecule has 0 spiro atoms. The van der Waals surface area contributed by atoms with Crippen LogP contribution in [0, 0.1) is 13.8 Å². The molecular weight excluding hydrogens is 208 g/mol. The van der Waals surface area contributed by atoms with Crippen LogP contribution in [-0.2, 0) is 7.05 Å². The summed E-state index contributed by atoms with van der Waals surface area (Å²) < 4.78 is 1.52. The third-order valence-electron chi connectivity index (χ3n) is 2.16. The van der Waals surface area contributed by atoms with Gasteiger partial charge in [0.1, 0.15) is 11.5 Å². The number of aryl methyl sites for hydroxylation is 3. The van der Waals surface area contributed by atoms with Crippen molar-refractivity contribution in [3.05, 3.63) is 23.3 Å². The van der Waals surface area contributed by atoms with Crippen LogP contribution in [0.15, 0.2) is 6.20 Å². The first-order valence-electron chi connectivity index (χ1n) is 4.77. The van der Waals surface area contributed by atoms with Gasteiger partial charge in [0.15, 0.2) is 0 Å². The first-order chi connectivity index (χ1) is 7.58. The standard InChI is InChI=1S/C9H12N6O/c1-5-4-10-15(3)7(5)8(16)12-9-11-6(2)13-14-9/h4H,1-3H3,(H2,11,12,13,14,16). The molecule has 0 aromatic carbocycles. The third-order valence-corrected chi connectivity index (χ3v) is 2.16. The third kappa shape index (κ3) is 1.79. The van der Waals surface area contributed by atoms with Crippen molar-refractivity contribution >= 4 is 11.9 Å². The van der Waals surface area contributed by atoms with E-state index in [0.717, 1.165) is 5.56 Å². The van der Waals surface area contributed by atoms with E-state index >= 15 is 0 Å². The van der Waals surface area contributed by atoms with Gasteiger partial charge in [-0.1, -0.05) is 0 Å². The van der Waals surface area contributed by atoms with Crippen LogP contribution in [0.3, 0.4) is 0 Å². The van der Waals surface area contributed by atoms with E-state index in [-0.39, 0.29) is 11.9 Å². The number of nitrogens with zero attached hydrogens (tertiary/aromatic N) is 4. The molecule has 0 saturated heterocycles. The SMILES string of the molecule is Cc1nc(NC(=O)c2c(C)cnn2C)n[nH]1. The Morgan fingerprint density at radius 3 is 2.75 bits per heavy atom. The van der Waals surface area contributed by atoms with E-state index in [4.69, 9.17) is 0 Å². The van der Waals surface area contributed by atoms with E-state index in [0.29, 0.717) is 11.5 Å². The van der Waals surface area contributed by atoms with Crippen LogP contribution < -0.4 is 5.32 Å². The molecular formula is C9H12N6O. The molecule has 0 unspecified atom stereocenters. The minimum absolute atomic E-state index is 0.267. The van der Waals surface area contributed by atoms with Crippen molar-refractivity contribution < 1.29 is 4.79 Å². The van der Waals surface area contributed by atoms with Gasteiger partial charge in [0.2, 0.25) is 5.95 Å². The number of aromatic amines is 1. The van der Waals surface area contributed by atoms with Crippen LogP contribution in [0.5, 0.6) is 0 Å². The van der Waals surface area contributed by atoms with Gasteiger partial charge in [0, 0.05) is 7.05 Å². The molecule has 2 N–H and O–H groups in total. The van der Waals surface area contributed by atoms with Crippen LogP contribution in [0.1, 0.15) is 21.9 Å². The Kier molecular flexibility index (Phi) is 2.43. The van der Waals surface area contributed by atoms with Gasteiger partial charge in [-0.2, -0.15) is 10.1 Å². The van der Waals surface area contributed by atoms with Gasteiger partial charge < -0.3 is 0 Å². The molecule has 16 heavy (non-hydrogen) atoms. The Bertz CT molecular complexity index is 506. The van der Waals surface area contributed by atoms with E-state index in [2.05, 4.69) is 25.6 Å². The van der Waals surface area contributed by atoms with Gasteiger partial charge in [-0.15, -0.1) is 5.10 Å². The monoisotopic (exact) mass is 220 g/mol. The highest BCUT2D eigenvalue weighted by molar-refractivity contribution is 6.02. The van der Waals surface area contributed by atoms with Crippen molar-refractivity contribution in [3.8, 4) is 0 Å². The van der Waals surface area contributed by atoms with Gasteiger partial charge in [-0.3, -0.25) is 19.9 Å². The Morgan fingerprint density at radius 2 is 2.25 bits per heavy atom. The van der Waals surface area contributed by atoms with Crippen LogP contribution >= 0.6 is 0 Å². The lowest BCUT2D eigenvalue weighted by atomic mass is 10.2. The highest BCUT2D eigenvalue weighted by atomic mass is 16.2. The molecule has 1 amide bonds. The number of hydrogen-bond acceptors (Lipinski definition) is 4. The molecule has 0 aliphatic heterocycles. The maximum Gasteiger partial charge on any atom is 0.276 e. The average molecular weight is 220 g/mol.